The number of hydrogen-bond donors (Lipinski definition) is 1. The normalized spacial score (nSPS) is 16.4. The molecule has 1 aromatic rings. The predicted octanol–water partition coefficient (Wildman–Crippen LogP) is 2.00. The lowest BCUT2D eigenvalue weighted by molar-refractivity contribution is 0.262. The number of rotatable bonds is 7. The van der Waals surface area contributed by atoms with Crippen LogP contribution in [0.1, 0.15) is 38.7 Å². The molecule has 1 saturated carbocycles. The van der Waals surface area contributed by atoms with E-state index in [9.17, 15) is 8.42 Å². The van der Waals surface area contributed by atoms with Crippen molar-refractivity contribution >= 4 is 10.0 Å². The standard InChI is InChI=1S/C15H25N3O2S/c1-12(2)16-9-14-7-8-15(17-10-14)21(19,20)18(3)11-13-5-4-6-13/h7-8,10,12-13,16H,4-6,9,11H2,1-3H3. The van der Waals surface area contributed by atoms with E-state index in [1.807, 2.05) is 6.07 Å². The molecule has 0 unspecified atom stereocenters. The quantitative estimate of drug-likeness (QED) is 0.836. The second-order valence-electron chi connectivity index (χ2n) is 6.12. The van der Waals surface area contributed by atoms with Crippen molar-refractivity contribution < 1.29 is 8.42 Å². The second kappa shape index (κ2) is 6.85. The summed E-state index contributed by atoms with van der Waals surface area (Å²) >= 11 is 0. The molecule has 1 aliphatic rings. The highest BCUT2D eigenvalue weighted by molar-refractivity contribution is 7.89. The first-order valence-electron chi connectivity index (χ1n) is 7.54. The number of hydrogen-bond acceptors (Lipinski definition) is 4. The minimum absolute atomic E-state index is 0.137. The lowest BCUT2D eigenvalue weighted by Gasteiger charge is -2.29. The minimum atomic E-state index is -3.46. The lowest BCUT2D eigenvalue weighted by Crippen LogP contribution is -2.34. The molecule has 21 heavy (non-hydrogen) atoms. The van der Waals surface area contributed by atoms with Crippen LogP contribution in [0.5, 0.6) is 0 Å². The summed E-state index contributed by atoms with van der Waals surface area (Å²) in [5.74, 6) is 0.513. The minimum Gasteiger partial charge on any atom is -0.310 e. The molecular formula is C15H25N3O2S. The molecule has 1 aromatic heterocycles. The maximum atomic E-state index is 12.4. The van der Waals surface area contributed by atoms with Gasteiger partial charge in [-0.2, -0.15) is 4.31 Å². The van der Waals surface area contributed by atoms with Gasteiger partial charge < -0.3 is 5.32 Å². The molecule has 118 valence electrons. The molecule has 1 fully saturated rings. The summed E-state index contributed by atoms with van der Waals surface area (Å²) in [6, 6.07) is 3.82. The lowest BCUT2D eigenvalue weighted by atomic mass is 9.86. The van der Waals surface area contributed by atoms with Crippen molar-refractivity contribution in [2.24, 2.45) is 5.92 Å². The number of aromatic nitrogens is 1. The largest absolute Gasteiger partial charge is 0.310 e. The highest BCUT2D eigenvalue weighted by Gasteiger charge is 2.27. The Balaban J connectivity index is 2.01. The van der Waals surface area contributed by atoms with Gasteiger partial charge in [0.15, 0.2) is 5.03 Å². The highest BCUT2D eigenvalue weighted by atomic mass is 32.2. The van der Waals surface area contributed by atoms with Crippen molar-refractivity contribution in [3.8, 4) is 0 Å². The van der Waals surface area contributed by atoms with Gasteiger partial charge >= 0.3 is 0 Å². The summed E-state index contributed by atoms with van der Waals surface area (Å²) in [5.41, 5.74) is 0.990. The van der Waals surface area contributed by atoms with E-state index in [1.165, 1.54) is 10.7 Å². The first-order valence-corrected chi connectivity index (χ1v) is 8.98. The van der Waals surface area contributed by atoms with Gasteiger partial charge in [-0.25, -0.2) is 13.4 Å². The van der Waals surface area contributed by atoms with Gasteiger partial charge in [0.05, 0.1) is 0 Å². The smallest absolute Gasteiger partial charge is 0.260 e. The van der Waals surface area contributed by atoms with Gasteiger partial charge in [0.25, 0.3) is 10.0 Å². The van der Waals surface area contributed by atoms with E-state index in [1.54, 1.807) is 19.3 Å². The Bertz CT molecular complexity index is 551. The summed E-state index contributed by atoms with van der Waals surface area (Å²) < 4.78 is 26.3. The van der Waals surface area contributed by atoms with Crippen molar-refractivity contribution in [2.45, 2.75) is 50.7 Å². The van der Waals surface area contributed by atoms with E-state index in [-0.39, 0.29) is 5.03 Å². The third-order valence-corrected chi connectivity index (χ3v) is 5.67. The first-order chi connectivity index (χ1) is 9.89. The zero-order chi connectivity index (χ0) is 15.5. The fourth-order valence-electron chi connectivity index (χ4n) is 2.29. The molecule has 0 saturated heterocycles. The topological polar surface area (TPSA) is 62.3 Å². The summed E-state index contributed by atoms with van der Waals surface area (Å²) in [4.78, 5) is 4.13. The van der Waals surface area contributed by atoms with E-state index in [2.05, 4.69) is 24.1 Å². The molecule has 1 N–H and O–H groups in total. The Kier molecular flexibility index (Phi) is 5.35. The molecule has 1 aliphatic carbocycles. The van der Waals surface area contributed by atoms with Crippen molar-refractivity contribution in [1.29, 1.82) is 0 Å². The van der Waals surface area contributed by atoms with Crippen LogP contribution in [0.25, 0.3) is 0 Å². The zero-order valence-corrected chi connectivity index (χ0v) is 13.9. The number of sulfonamides is 1. The summed E-state index contributed by atoms with van der Waals surface area (Å²) in [7, 11) is -1.81. The summed E-state index contributed by atoms with van der Waals surface area (Å²) in [5, 5.41) is 3.42. The number of nitrogens with zero attached hydrogens (tertiary/aromatic N) is 2. The number of nitrogens with one attached hydrogen (secondary N) is 1. The van der Waals surface area contributed by atoms with Crippen LogP contribution in [-0.4, -0.2) is 37.3 Å². The molecule has 0 radical (unpaired) electrons. The maximum Gasteiger partial charge on any atom is 0.260 e. The Hall–Kier alpha value is -0.980. The van der Waals surface area contributed by atoms with Crippen molar-refractivity contribution in [1.82, 2.24) is 14.6 Å². The van der Waals surface area contributed by atoms with Crippen molar-refractivity contribution in [3.05, 3.63) is 23.9 Å². The van der Waals surface area contributed by atoms with E-state index in [0.29, 0.717) is 25.0 Å². The molecule has 6 heteroatoms. The molecular weight excluding hydrogens is 286 g/mol. The van der Waals surface area contributed by atoms with Gasteiger partial charge in [-0.05, 0) is 30.4 Å². The molecule has 0 spiro atoms. The third-order valence-electron chi connectivity index (χ3n) is 3.93. The van der Waals surface area contributed by atoms with Gasteiger partial charge in [-0.1, -0.05) is 26.3 Å². The summed E-state index contributed by atoms with van der Waals surface area (Å²) in [6.45, 7) is 5.44. The van der Waals surface area contributed by atoms with Gasteiger partial charge in [0.1, 0.15) is 0 Å². The predicted molar refractivity (Wildman–Crippen MR) is 83.4 cm³/mol. The molecule has 0 amide bonds. The van der Waals surface area contributed by atoms with Crippen LogP contribution < -0.4 is 5.32 Å². The molecule has 1 heterocycles. The Morgan fingerprint density at radius 1 is 1.38 bits per heavy atom. The maximum absolute atomic E-state index is 12.4. The summed E-state index contributed by atoms with van der Waals surface area (Å²) in [6.07, 6.45) is 5.12. The fraction of sp³-hybridized carbons (Fsp3) is 0.667. The van der Waals surface area contributed by atoms with Gasteiger partial charge in [-0.3, -0.25) is 0 Å². The van der Waals surface area contributed by atoms with Crippen LogP contribution in [0.4, 0.5) is 0 Å². The monoisotopic (exact) mass is 311 g/mol. The Morgan fingerprint density at radius 3 is 2.57 bits per heavy atom. The zero-order valence-electron chi connectivity index (χ0n) is 13.0. The Labute approximate surface area is 127 Å². The molecule has 0 bridgehead atoms. The third kappa shape index (κ3) is 4.25. The molecule has 0 aromatic carbocycles. The van der Waals surface area contributed by atoms with E-state index < -0.39 is 10.0 Å². The van der Waals surface area contributed by atoms with E-state index in [4.69, 9.17) is 0 Å². The average Bonchev–Trinajstić information content (AvgIpc) is 2.40. The molecule has 5 nitrogen and oxygen atoms in total. The van der Waals surface area contributed by atoms with Crippen LogP contribution in [0, 0.1) is 5.92 Å². The first kappa shape index (κ1) is 16.4. The molecule has 0 aliphatic heterocycles. The van der Waals surface area contributed by atoms with Crippen LogP contribution in [0.2, 0.25) is 0 Å². The van der Waals surface area contributed by atoms with Gasteiger partial charge in [-0.15, -0.1) is 0 Å². The van der Waals surface area contributed by atoms with E-state index in [0.717, 1.165) is 18.4 Å². The molecule has 0 atom stereocenters. The average molecular weight is 311 g/mol. The van der Waals surface area contributed by atoms with Gasteiger partial charge in [0, 0.05) is 32.4 Å². The number of pyridine rings is 1. The van der Waals surface area contributed by atoms with E-state index >= 15 is 0 Å². The van der Waals surface area contributed by atoms with Gasteiger partial charge in [0.2, 0.25) is 0 Å². The van der Waals surface area contributed by atoms with Crippen LogP contribution in [0.3, 0.4) is 0 Å². The van der Waals surface area contributed by atoms with Crippen LogP contribution in [-0.2, 0) is 16.6 Å². The van der Waals surface area contributed by atoms with Crippen molar-refractivity contribution in [3.63, 3.8) is 0 Å². The van der Waals surface area contributed by atoms with Crippen LogP contribution >= 0.6 is 0 Å². The Morgan fingerprint density at radius 2 is 2.10 bits per heavy atom. The van der Waals surface area contributed by atoms with Crippen molar-refractivity contribution in [2.75, 3.05) is 13.6 Å². The molecule has 2 rings (SSSR count). The van der Waals surface area contributed by atoms with Crippen LogP contribution in [0.15, 0.2) is 23.4 Å². The SMILES string of the molecule is CC(C)NCc1ccc(S(=O)(=O)N(C)CC2CCC2)nc1. The highest BCUT2D eigenvalue weighted by Crippen LogP contribution is 2.28. The fourth-order valence-corrected chi connectivity index (χ4v) is 3.44. The second-order valence-corrected chi connectivity index (χ2v) is 8.11.